The minimum absolute atomic E-state index is 0.306. The molecule has 1 rings (SSSR count). The van der Waals surface area contributed by atoms with E-state index in [2.05, 4.69) is 25.7 Å². The quantitative estimate of drug-likeness (QED) is 0.589. The zero-order valence-electron chi connectivity index (χ0n) is 7.17. The summed E-state index contributed by atoms with van der Waals surface area (Å²) in [4.78, 5) is 2.34. The van der Waals surface area contributed by atoms with Crippen LogP contribution in [0.3, 0.4) is 0 Å². The fraction of sp³-hybridized carbons (Fsp3) is 1.00. The van der Waals surface area contributed by atoms with Crippen molar-refractivity contribution >= 4 is 0 Å². The SMILES string of the molecule is CCN1CC(C)C(C)C1N. The number of nitrogens with two attached hydrogens (primary N) is 1. The van der Waals surface area contributed by atoms with Crippen LogP contribution in [0.1, 0.15) is 20.8 Å². The third-order valence-corrected chi connectivity index (χ3v) is 2.79. The molecule has 10 heavy (non-hydrogen) atoms. The van der Waals surface area contributed by atoms with E-state index in [1.54, 1.807) is 0 Å². The second-order valence-electron chi connectivity index (χ2n) is 3.41. The monoisotopic (exact) mass is 142 g/mol. The molecule has 1 aliphatic rings. The van der Waals surface area contributed by atoms with Crippen LogP contribution >= 0.6 is 0 Å². The molecule has 2 heteroatoms. The summed E-state index contributed by atoms with van der Waals surface area (Å²) in [6.07, 6.45) is 0.306. The standard InChI is InChI=1S/C8H18N2/c1-4-10-5-6(2)7(3)8(10)9/h6-8H,4-5,9H2,1-3H3. The molecule has 0 aromatic carbocycles. The Balaban J connectivity index is 2.53. The Kier molecular flexibility index (Phi) is 2.32. The lowest BCUT2D eigenvalue weighted by Crippen LogP contribution is -2.39. The van der Waals surface area contributed by atoms with E-state index in [9.17, 15) is 0 Å². The van der Waals surface area contributed by atoms with Crippen LogP contribution in [-0.2, 0) is 0 Å². The molecule has 0 saturated carbocycles. The van der Waals surface area contributed by atoms with Gasteiger partial charge in [0.15, 0.2) is 0 Å². The van der Waals surface area contributed by atoms with Crippen molar-refractivity contribution in [2.45, 2.75) is 26.9 Å². The normalized spacial score (nSPS) is 42.6. The summed E-state index contributed by atoms with van der Waals surface area (Å²) < 4.78 is 0. The molecule has 1 fully saturated rings. The lowest BCUT2D eigenvalue weighted by atomic mass is 9.99. The summed E-state index contributed by atoms with van der Waals surface area (Å²) in [5.74, 6) is 1.44. The molecule has 0 bridgehead atoms. The van der Waals surface area contributed by atoms with Crippen molar-refractivity contribution in [2.24, 2.45) is 17.6 Å². The molecule has 0 aromatic rings. The van der Waals surface area contributed by atoms with Gasteiger partial charge in [-0.25, -0.2) is 0 Å². The van der Waals surface area contributed by atoms with Gasteiger partial charge in [-0.3, -0.25) is 4.90 Å². The van der Waals surface area contributed by atoms with E-state index in [4.69, 9.17) is 5.73 Å². The average molecular weight is 142 g/mol. The Hall–Kier alpha value is -0.0800. The van der Waals surface area contributed by atoms with Gasteiger partial charge in [-0.1, -0.05) is 20.8 Å². The fourth-order valence-corrected chi connectivity index (χ4v) is 1.67. The molecule has 3 unspecified atom stereocenters. The summed E-state index contributed by atoms with van der Waals surface area (Å²) in [6.45, 7) is 8.96. The molecule has 60 valence electrons. The Morgan fingerprint density at radius 2 is 2.10 bits per heavy atom. The van der Waals surface area contributed by atoms with Crippen LogP contribution in [0.15, 0.2) is 0 Å². The average Bonchev–Trinajstić information content (AvgIpc) is 2.17. The maximum atomic E-state index is 5.95. The lowest BCUT2D eigenvalue weighted by Gasteiger charge is -2.20. The van der Waals surface area contributed by atoms with Crippen LogP contribution in [-0.4, -0.2) is 24.2 Å². The number of hydrogen-bond donors (Lipinski definition) is 1. The first kappa shape index (κ1) is 8.02. The summed E-state index contributed by atoms with van der Waals surface area (Å²) in [6, 6.07) is 0. The number of nitrogens with zero attached hydrogens (tertiary/aromatic N) is 1. The highest BCUT2D eigenvalue weighted by atomic mass is 15.2. The van der Waals surface area contributed by atoms with E-state index >= 15 is 0 Å². The first-order valence-corrected chi connectivity index (χ1v) is 4.16. The molecular formula is C8H18N2. The second-order valence-corrected chi connectivity index (χ2v) is 3.41. The van der Waals surface area contributed by atoms with Crippen molar-refractivity contribution in [3.05, 3.63) is 0 Å². The van der Waals surface area contributed by atoms with E-state index < -0.39 is 0 Å². The van der Waals surface area contributed by atoms with Gasteiger partial charge in [0.25, 0.3) is 0 Å². The number of rotatable bonds is 1. The van der Waals surface area contributed by atoms with Crippen LogP contribution in [0.4, 0.5) is 0 Å². The Labute approximate surface area is 63.4 Å². The molecule has 0 spiro atoms. The van der Waals surface area contributed by atoms with Crippen LogP contribution < -0.4 is 5.73 Å². The summed E-state index contributed by atoms with van der Waals surface area (Å²) >= 11 is 0. The third kappa shape index (κ3) is 1.18. The van der Waals surface area contributed by atoms with Crippen molar-refractivity contribution < 1.29 is 0 Å². The van der Waals surface area contributed by atoms with E-state index in [0.717, 1.165) is 12.5 Å². The molecule has 2 N–H and O–H groups in total. The van der Waals surface area contributed by atoms with E-state index in [1.807, 2.05) is 0 Å². The van der Waals surface area contributed by atoms with Crippen LogP contribution in [0, 0.1) is 11.8 Å². The van der Waals surface area contributed by atoms with Gasteiger partial charge >= 0.3 is 0 Å². The molecule has 0 aromatic heterocycles. The van der Waals surface area contributed by atoms with Crippen LogP contribution in [0.5, 0.6) is 0 Å². The number of hydrogen-bond acceptors (Lipinski definition) is 2. The van der Waals surface area contributed by atoms with Crippen LogP contribution in [0.25, 0.3) is 0 Å². The summed E-state index contributed by atoms with van der Waals surface area (Å²) in [5.41, 5.74) is 5.95. The zero-order chi connectivity index (χ0) is 7.72. The molecule has 3 atom stereocenters. The molecule has 1 heterocycles. The van der Waals surface area contributed by atoms with E-state index in [0.29, 0.717) is 12.1 Å². The van der Waals surface area contributed by atoms with Crippen molar-refractivity contribution in [1.29, 1.82) is 0 Å². The first-order chi connectivity index (χ1) is 4.66. The van der Waals surface area contributed by atoms with Gasteiger partial charge < -0.3 is 5.73 Å². The molecular weight excluding hydrogens is 124 g/mol. The van der Waals surface area contributed by atoms with E-state index in [1.165, 1.54) is 6.54 Å². The summed E-state index contributed by atoms with van der Waals surface area (Å²) in [5, 5.41) is 0. The Morgan fingerprint density at radius 1 is 1.50 bits per heavy atom. The maximum absolute atomic E-state index is 5.95. The van der Waals surface area contributed by atoms with Gasteiger partial charge in [-0.2, -0.15) is 0 Å². The van der Waals surface area contributed by atoms with Gasteiger partial charge in [0, 0.05) is 6.54 Å². The first-order valence-electron chi connectivity index (χ1n) is 4.16. The molecule has 1 saturated heterocycles. The molecule has 2 nitrogen and oxygen atoms in total. The van der Waals surface area contributed by atoms with Gasteiger partial charge in [-0.05, 0) is 18.4 Å². The van der Waals surface area contributed by atoms with Gasteiger partial charge in [0.1, 0.15) is 0 Å². The van der Waals surface area contributed by atoms with Gasteiger partial charge in [-0.15, -0.1) is 0 Å². The predicted molar refractivity (Wildman–Crippen MR) is 43.6 cm³/mol. The fourth-order valence-electron chi connectivity index (χ4n) is 1.67. The van der Waals surface area contributed by atoms with Crippen LogP contribution in [0.2, 0.25) is 0 Å². The predicted octanol–water partition coefficient (Wildman–Crippen LogP) is 0.879. The van der Waals surface area contributed by atoms with Crippen molar-refractivity contribution in [3.63, 3.8) is 0 Å². The highest BCUT2D eigenvalue weighted by Gasteiger charge is 2.32. The minimum Gasteiger partial charge on any atom is -0.315 e. The second kappa shape index (κ2) is 2.89. The largest absolute Gasteiger partial charge is 0.315 e. The smallest absolute Gasteiger partial charge is 0.0601 e. The maximum Gasteiger partial charge on any atom is 0.0601 e. The van der Waals surface area contributed by atoms with Gasteiger partial charge in [0.05, 0.1) is 6.17 Å². The lowest BCUT2D eigenvalue weighted by molar-refractivity contribution is 0.248. The molecule has 0 amide bonds. The molecule has 0 aliphatic carbocycles. The minimum atomic E-state index is 0.306. The third-order valence-electron chi connectivity index (χ3n) is 2.79. The van der Waals surface area contributed by atoms with Crippen molar-refractivity contribution in [2.75, 3.05) is 13.1 Å². The highest BCUT2D eigenvalue weighted by Crippen LogP contribution is 2.25. The van der Waals surface area contributed by atoms with Crippen molar-refractivity contribution in [3.8, 4) is 0 Å². The van der Waals surface area contributed by atoms with E-state index in [-0.39, 0.29) is 0 Å². The highest BCUT2D eigenvalue weighted by molar-refractivity contribution is 4.84. The Morgan fingerprint density at radius 3 is 2.30 bits per heavy atom. The van der Waals surface area contributed by atoms with Gasteiger partial charge in [0.2, 0.25) is 0 Å². The Bertz CT molecular complexity index is 114. The topological polar surface area (TPSA) is 29.3 Å². The van der Waals surface area contributed by atoms with Crippen molar-refractivity contribution in [1.82, 2.24) is 4.90 Å². The molecule has 0 radical (unpaired) electrons. The number of likely N-dealkylation sites (tertiary alicyclic amines) is 1. The summed E-state index contributed by atoms with van der Waals surface area (Å²) in [7, 11) is 0. The zero-order valence-corrected chi connectivity index (χ0v) is 7.17. The molecule has 1 aliphatic heterocycles.